The number of aromatic amines is 1. The number of H-pyrrole nitrogens is 1. The van der Waals surface area contributed by atoms with Gasteiger partial charge in [-0.05, 0) is 38.1 Å². The maximum Gasteiger partial charge on any atom is 0.181 e. The first-order chi connectivity index (χ1) is 12.1. The molecule has 5 nitrogen and oxygen atoms in total. The van der Waals surface area contributed by atoms with Crippen molar-refractivity contribution in [1.29, 1.82) is 0 Å². The van der Waals surface area contributed by atoms with Crippen LogP contribution in [0.15, 0.2) is 76.6 Å². The molecule has 0 amide bonds. The van der Waals surface area contributed by atoms with Gasteiger partial charge in [0.1, 0.15) is 5.69 Å². The first-order valence-electron chi connectivity index (χ1n) is 8.39. The highest BCUT2D eigenvalue weighted by Crippen LogP contribution is 2.32. The van der Waals surface area contributed by atoms with Crippen molar-refractivity contribution in [2.45, 2.75) is 20.0 Å². The van der Waals surface area contributed by atoms with Gasteiger partial charge in [-0.2, -0.15) is 10.2 Å². The van der Waals surface area contributed by atoms with Crippen LogP contribution in [-0.2, 0) is 0 Å². The largest absolute Gasteiger partial charge is 0.357 e. The number of fused-ring (bicyclic) bond motifs is 1. The van der Waals surface area contributed by atoms with Gasteiger partial charge in [0.25, 0.3) is 0 Å². The van der Waals surface area contributed by atoms with Gasteiger partial charge in [0, 0.05) is 29.3 Å². The Kier molecular flexibility index (Phi) is 3.76. The normalized spacial score (nSPS) is 17.7. The third-order valence-corrected chi connectivity index (χ3v) is 4.63. The lowest BCUT2D eigenvalue weighted by molar-refractivity contribution is 0.390. The Balaban J connectivity index is 1.70. The van der Waals surface area contributed by atoms with Gasteiger partial charge in [0.05, 0.1) is 5.69 Å². The van der Waals surface area contributed by atoms with Crippen molar-refractivity contribution in [2.75, 3.05) is 12.1 Å². The average molecular weight is 331 g/mol. The van der Waals surface area contributed by atoms with Gasteiger partial charge in [-0.15, -0.1) is 0 Å². The molecule has 25 heavy (non-hydrogen) atoms. The number of hydrogen-bond acceptors (Lipinski definition) is 4. The Hall–Kier alpha value is -3.08. The number of hydrazine groups is 1. The zero-order chi connectivity index (χ0) is 17.4. The van der Waals surface area contributed by atoms with Crippen LogP contribution >= 0.6 is 0 Å². The molecule has 0 saturated heterocycles. The van der Waals surface area contributed by atoms with Crippen LogP contribution in [0.4, 0.5) is 11.4 Å². The lowest BCUT2D eigenvalue weighted by Gasteiger charge is -2.32. The predicted octanol–water partition coefficient (Wildman–Crippen LogP) is 5.16. The van der Waals surface area contributed by atoms with Gasteiger partial charge in [0.2, 0.25) is 0 Å². The van der Waals surface area contributed by atoms with E-state index in [1.54, 1.807) is 0 Å². The molecule has 1 aromatic heterocycles. The standard InChI is InChI=1S/C20H21N5/c1-14-13-19(25(24(14)3)16-9-5-4-6-10-16)22-23-20-15(2)21-18-12-8-7-11-17(18)20/h4-13,19,21H,1-3H3. The van der Waals surface area contributed by atoms with E-state index in [0.29, 0.717) is 0 Å². The summed E-state index contributed by atoms with van der Waals surface area (Å²) >= 11 is 0. The smallest absolute Gasteiger partial charge is 0.181 e. The van der Waals surface area contributed by atoms with E-state index in [-0.39, 0.29) is 6.17 Å². The van der Waals surface area contributed by atoms with Crippen LogP contribution in [0.5, 0.6) is 0 Å². The van der Waals surface area contributed by atoms with Gasteiger partial charge in [0.15, 0.2) is 6.17 Å². The van der Waals surface area contributed by atoms with Gasteiger partial charge >= 0.3 is 0 Å². The molecule has 0 bridgehead atoms. The summed E-state index contributed by atoms with van der Waals surface area (Å²) < 4.78 is 0. The number of hydrogen-bond donors (Lipinski definition) is 1. The van der Waals surface area contributed by atoms with Crippen molar-refractivity contribution in [3.8, 4) is 0 Å². The Morgan fingerprint density at radius 1 is 0.960 bits per heavy atom. The fourth-order valence-electron chi connectivity index (χ4n) is 3.24. The second-order valence-electron chi connectivity index (χ2n) is 6.29. The summed E-state index contributed by atoms with van der Waals surface area (Å²) in [5, 5.41) is 14.6. The quantitative estimate of drug-likeness (QED) is 0.674. The molecule has 0 aliphatic carbocycles. The average Bonchev–Trinajstić information content (AvgIpc) is 3.10. The molecule has 5 heteroatoms. The summed E-state index contributed by atoms with van der Waals surface area (Å²) in [6, 6.07) is 18.4. The highest BCUT2D eigenvalue weighted by atomic mass is 15.7. The van der Waals surface area contributed by atoms with Crippen LogP contribution in [-0.4, -0.2) is 23.2 Å². The molecule has 1 atom stereocenters. The Morgan fingerprint density at radius 3 is 2.48 bits per heavy atom. The predicted molar refractivity (Wildman–Crippen MR) is 102 cm³/mol. The molecule has 2 aromatic carbocycles. The lowest BCUT2D eigenvalue weighted by atomic mass is 10.2. The summed E-state index contributed by atoms with van der Waals surface area (Å²) in [6.45, 7) is 4.12. The van der Waals surface area contributed by atoms with Crippen molar-refractivity contribution in [1.82, 2.24) is 9.99 Å². The molecule has 1 aliphatic rings. The fourth-order valence-corrected chi connectivity index (χ4v) is 3.24. The van der Waals surface area contributed by atoms with E-state index in [4.69, 9.17) is 0 Å². The zero-order valence-electron chi connectivity index (χ0n) is 14.6. The van der Waals surface area contributed by atoms with Gasteiger partial charge in [-0.3, -0.25) is 10.0 Å². The first-order valence-corrected chi connectivity index (χ1v) is 8.39. The third-order valence-electron chi connectivity index (χ3n) is 4.63. The number of benzene rings is 2. The van der Waals surface area contributed by atoms with Crippen molar-refractivity contribution in [2.24, 2.45) is 10.2 Å². The van der Waals surface area contributed by atoms with Gasteiger partial charge in [-0.1, -0.05) is 36.4 Å². The van der Waals surface area contributed by atoms with E-state index in [0.717, 1.165) is 33.7 Å². The number of allylic oxidation sites excluding steroid dienone is 1. The van der Waals surface area contributed by atoms with E-state index in [2.05, 4.69) is 62.5 Å². The minimum atomic E-state index is -0.152. The highest BCUT2D eigenvalue weighted by Gasteiger charge is 2.28. The molecule has 0 spiro atoms. The van der Waals surface area contributed by atoms with E-state index in [9.17, 15) is 0 Å². The minimum absolute atomic E-state index is 0.152. The third kappa shape index (κ3) is 2.67. The molecule has 1 unspecified atom stereocenters. The van der Waals surface area contributed by atoms with Gasteiger partial charge < -0.3 is 4.98 Å². The number of anilines is 1. The zero-order valence-corrected chi connectivity index (χ0v) is 14.6. The molecule has 0 fully saturated rings. The molecule has 1 aliphatic heterocycles. The Labute approximate surface area is 147 Å². The van der Waals surface area contributed by atoms with E-state index in [1.807, 2.05) is 44.3 Å². The van der Waals surface area contributed by atoms with Crippen LogP contribution in [0.2, 0.25) is 0 Å². The molecule has 3 aromatic rings. The molecular formula is C20H21N5. The maximum atomic E-state index is 4.65. The van der Waals surface area contributed by atoms with Crippen LogP contribution in [0.25, 0.3) is 10.9 Å². The summed E-state index contributed by atoms with van der Waals surface area (Å²) in [6.07, 6.45) is 1.97. The summed E-state index contributed by atoms with van der Waals surface area (Å²) in [5.41, 5.74) is 5.28. The second kappa shape index (κ2) is 6.09. The maximum absolute atomic E-state index is 4.65. The monoisotopic (exact) mass is 331 g/mol. The SMILES string of the molecule is CC1=CC(N=Nc2c(C)[nH]c3ccccc23)N(c2ccccc2)N1C. The topological polar surface area (TPSA) is 47.0 Å². The number of aromatic nitrogens is 1. The molecule has 4 rings (SSSR count). The van der Waals surface area contributed by atoms with Gasteiger partial charge in [-0.25, -0.2) is 0 Å². The molecule has 126 valence electrons. The van der Waals surface area contributed by atoms with E-state index in [1.165, 1.54) is 0 Å². The number of azo groups is 1. The van der Waals surface area contributed by atoms with Crippen molar-refractivity contribution < 1.29 is 0 Å². The number of nitrogens with zero attached hydrogens (tertiary/aromatic N) is 4. The Morgan fingerprint density at radius 2 is 1.68 bits per heavy atom. The molecular weight excluding hydrogens is 310 g/mol. The number of rotatable bonds is 3. The lowest BCUT2D eigenvalue weighted by Crippen LogP contribution is -2.38. The van der Waals surface area contributed by atoms with Crippen LogP contribution in [0.3, 0.4) is 0 Å². The van der Waals surface area contributed by atoms with Crippen molar-refractivity contribution in [3.05, 3.63) is 72.1 Å². The highest BCUT2D eigenvalue weighted by molar-refractivity contribution is 5.92. The number of nitrogens with one attached hydrogen (secondary N) is 1. The van der Waals surface area contributed by atoms with Crippen LogP contribution in [0.1, 0.15) is 12.6 Å². The molecule has 0 saturated carbocycles. The summed E-state index contributed by atoms with van der Waals surface area (Å²) in [5.74, 6) is 0. The summed E-state index contributed by atoms with van der Waals surface area (Å²) in [7, 11) is 2.05. The van der Waals surface area contributed by atoms with E-state index >= 15 is 0 Å². The minimum Gasteiger partial charge on any atom is -0.357 e. The summed E-state index contributed by atoms with van der Waals surface area (Å²) in [4.78, 5) is 3.37. The molecule has 0 radical (unpaired) electrons. The molecule has 1 N–H and O–H groups in total. The number of para-hydroxylation sites is 2. The first kappa shape index (κ1) is 15.4. The second-order valence-corrected chi connectivity index (χ2v) is 6.29. The van der Waals surface area contributed by atoms with E-state index < -0.39 is 0 Å². The Bertz CT molecular complexity index is 955. The molecule has 2 heterocycles. The fraction of sp³-hybridized carbons (Fsp3) is 0.200. The number of aryl methyl sites for hydroxylation is 1. The van der Waals surface area contributed by atoms with Crippen molar-refractivity contribution >= 4 is 22.3 Å². The van der Waals surface area contributed by atoms with Crippen LogP contribution < -0.4 is 5.01 Å². The van der Waals surface area contributed by atoms with Crippen molar-refractivity contribution in [3.63, 3.8) is 0 Å². The van der Waals surface area contributed by atoms with Crippen LogP contribution in [0, 0.1) is 6.92 Å².